The molecule has 1 atom stereocenters. The summed E-state index contributed by atoms with van der Waals surface area (Å²) in [5.41, 5.74) is 4.35. The Kier molecular flexibility index (Phi) is 8.36. The maximum atomic E-state index is 13.9. The van der Waals surface area contributed by atoms with Crippen molar-refractivity contribution < 1.29 is 18.3 Å². The number of allylic oxidation sites excluding steroid dienone is 1. The topological polar surface area (TPSA) is 79.7 Å². The van der Waals surface area contributed by atoms with Crippen molar-refractivity contribution in [2.24, 2.45) is 0 Å². The molecule has 1 N–H and O–H groups in total. The van der Waals surface area contributed by atoms with E-state index >= 15 is 0 Å². The van der Waals surface area contributed by atoms with Crippen LogP contribution in [-0.4, -0.2) is 53.2 Å². The Morgan fingerprint density at radius 1 is 0.915 bits per heavy atom. The van der Waals surface area contributed by atoms with Crippen molar-refractivity contribution in [1.29, 1.82) is 0 Å². The maximum absolute atomic E-state index is 13.9. The van der Waals surface area contributed by atoms with E-state index in [9.17, 15) is 18.4 Å². The predicted molar refractivity (Wildman–Crippen MR) is 176 cm³/mol. The Balaban J connectivity index is 1.29. The molecule has 2 aliphatic heterocycles. The second-order valence-corrected chi connectivity index (χ2v) is 12.3. The molecule has 0 unspecified atom stereocenters. The van der Waals surface area contributed by atoms with Crippen LogP contribution in [0.25, 0.3) is 0 Å². The van der Waals surface area contributed by atoms with Crippen molar-refractivity contribution in [2.45, 2.75) is 44.7 Å². The Morgan fingerprint density at radius 3 is 2.06 bits per heavy atom. The first-order chi connectivity index (χ1) is 22.8. The number of piperazine rings is 1. The summed E-state index contributed by atoms with van der Waals surface area (Å²) < 4.78 is 35.1. The summed E-state index contributed by atoms with van der Waals surface area (Å²) in [6, 6.07) is 22.5. The number of fused-ring (bicyclic) bond motifs is 1. The quantitative estimate of drug-likeness (QED) is 0.232. The number of nitrogens with one attached hydrogen (secondary N) is 1. The van der Waals surface area contributed by atoms with E-state index in [1.165, 1.54) is 24.3 Å². The van der Waals surface area contributed by atoms with Gasteiger partial charge in [0, 0.05) is 43.5 Å². The van der Waals surface area contributed by atoms with Gasteiger partial charge in [-0.1, -0.05) is 54.6 Å². The lowest BCUT2D eigenvalue weighted by Crippen LogP contribution is -2.49. The zero-order chi connectivity index (χ0) is 32.7. The second-order valence-electron chi connectivity index (χ2n) is 12.3. The van der Waals surface area contributed by atoms with Crippen LogP contribution in [0.5, 0.6) is 0 Å². The molecular weight excluding hydrogens is 600 g/mol. The van der Waals surface area contributed by atoms with Gasteiger partial charge in [-0.3, -0.25) is 9.47 Å². The van der Waals surface area contributed by atoms with E-state index in [-0.39, 0.29) is 36.0 Å². The summed E-state index contributed by atoms with van der Waals surface area (Å²) in [5.74, 6) is -0.304. The molecule has 3 aliphatic rings. The van der Waals surface area contributed by atoms with Crippen molar-refractivity contribution in [2.75, 3.05) is 43.0 Å². The van der Waals surface area contributed by atoms with Crippen LogP contribution in [0.15, 0.2) is 94.9 Å². The van der Waals surface area contributed by atoms with E-state index in [2.05, 4.69) is 15.1 Å². The highest BCUT2D eigenvalue weighted by Gasteiger charge is 2.41. The van der Waals surface area contributed by atoms with Gasteiger partial charge < -0.3 is 15.0 Å². The molecule has 8 nitrogen and oxygen atoms in total. The molecule has 1 aromatic heterocycles. The summed E-state index contributed by atoms with van der Waals surface area (Å²) in [6.07, 6.45) is 1.79. The average Bonchev–Trinajstić information content (AvgIpc) is 3.92. The fraction of sp³-hybridized carbons (Fsp3) is 0.324. The number of carbonyl (C=O) groups is 1. The molecule has 7 rings (SSSR count). The molecule has 10 heteroatoms. The van der Waals surface area contributed by atoms with E-state index in [4.69, 9.17) is 9.72 Å². The van der Waals surface area contributed by atoms with Crippen LogP contribution in [0.3, 0.4) is 0 Å². The molecule has 3 aromatic carbocycles. The summed E-state index contributed by atoms with van der Waals surface area (Å²) in [7, 11) is 0. The standard InChI is InChI=1S/C37H37F2N5O3/c1-3-47-36(45)30-23(2)40-35-32(31(30)24-7-5-4-6-8-24)34(41-37(46)44(35)29-17-18-29)43-21-19-42(20-22-43)33(25-9-13-27(38)14-10-25)26-11-15-28(39)16-12-26/h4-16,29,31,33,40H,3,17-22H2,1-2H3/t31-/m1/s1. The van der Waals surface area contributed by atoms with Crippen LogP contribution in [0, 0.1) is 11.6 Å². The molecule has 0 amide bonds. The third-order valence-corrected chi connectivity index (χ3v) is 9.32. The first-order valence-electron chi connectivity index (χ1n) is 16.2. The fourth-order valence-electron chi connectivity index (χ4n) is 7.00. The van der Waals surface area contributed by atoms with E-state index in [0.717, 1.165) is 35.1 Å². The van der Waals surface area contributed by atoms with Gasteiger partial charge in [0.1, 0.15) is 23.3 Å². The normalized spacial score (nSPS) is 18.2. The molecule has 2 fully saturated rings. The number of hydrogen-bond acceptors (Lipinski definition) is 7. The number of benzene rings is 3. The zero-order valence-electron chi connectivity index (χ0n) is 26.5. The van der Waals surface area contributed by atoms with Crippen LogP contribution in [0.4, 0.5) is 20.4 Å². The minimum absolute atomic E-state index is 0.0580. The van der Waals surface area contributed by atoms with Crippen LogP contribution in [-0.2, 0) is 9.53 Å². The van der Waals surface area contributed by atoms with Crippen LogP contribution >= 0.6 is 0 Å². The smallest absolute Gasteiger partial charge is 0.351 e. The molecule has 1 aliphatic carbocycles. The van der Waals surface area contributed by atoms with Gasteiger partial charge in [-0.05, 0) is 67.6 Å². The Hall–Kier alpha value is -4.83. The largest absolute Gasteiger partial charge is 0.463 e. The van der Waals surface area contributed by atoms with Gasteiger partial charge in [0.15, 0.2) is 0 Å². The Bertz CT molecular complexity index is 1820. The predicted octanol–water partition coefficient (Wildman–Crippen LogP) is 6.16. The first-order valence-corrected chi connectivity index (χ1v) is 16.2. The lowest BCUT2D eigenvalue weighted by atomic mass is 9.81. The molecule has 47 heavy (non-hydrogen) atoms. The number of halogens is 2. The summed E-state index contributed by atoms with van der Waals surface area (Å²) in [6.45, 7) is 6.18. The summed E-state index contributed by atoms with van der Waals surface area (Å²) in [5, 5.41) is 3.44. The third-order valence-electron chi connectivity index (χ3n) is 9.32. The molecular formula is C37H37F2N5O3. The van der Waals surface area contributed by atoms with Gasteiger partial charge in [-0.15, -0.1) is 0 Å². The number of aromatic nitrogens is 2. The van der Waals surface area contributed by atoms with Gasteiger partial charge >= 0.3 is 11.7 Å². The minimum Gasteiger partial charge on any atom is -0.463 e. The number of esters is 1. The first kappa shape index (κ1) is 30.8. The highest BCUT2D eigenvalue weighted by molar-refractivity contribution is 5.95. The molecule has 1 saturated carbocycles. The lowest BCUT2D eigenvalue weighted by Gasteiger charge is -2.42. The molecule has 0 bridgehead atoms. The van der Waals surface area contributed by atoms with E-state index in [1.54, 1.807) is 35.8 Å². The average molecular weight is 638 g/mol. The molecule has 0 radical (unpaired) electrons. The second kappa shape index (κ2) is 12.8. The number of hydrogen-bond donors (Lipinski definition) is 1. The number of carbonyl (C=O) groups excluding carboxylic acids is 1. The Morgan fingerprint density at radius 2 is 1.51 bits per heavy atom. The highest BCUT2D eigenvalue weighted by atomic mass is 19.1. The Labute approximate surface area is 272 Å². The van der Waals surface area contributed by atoms with Crippen molar-refractivity contribution in [3.63, 3.8) is 0 Å². The molecule has 0 spiro atoms. The SMILES string of the molecule is CCOC(=O)C1=C(C)Nc2c(c(N3CCN(C(c4ccc(F)cc4)c4ccc(F)cc4)CC3)nc(=O)n2C2CC2)[C@@H]1c1ccccc1. The van der Waals surface area contributed by atoms with Gasteiger partial charge in [0.05, 0.1) is 24.1 Å². The van der Waals surface area contributed by atoms with Crippen molar-refractivity contribution >= 4 is 17.6 Å². The number of ether oxygens (including phenoxy) is 1. The van der Waals surface area contributed by atoms with Crippen LogP contribution < -0.4 is 15.9 Å². The molecule has 4 aromatic rings. The monoisotopic (exact) mass is 637 g/mol. The highest BCUT2D eigenvalue weighted by Crippen LogP contribution is 2.48. The van der Waals surface area contributed by atoms with Crippen molar-refractivity contribution in [3.8, 4) is 0 Å². The van der Waals surface area contributed by atoms with Crippen molar-refractivity contribution in [3.05, 3.63) is 135 Å². The lowest BCUT2D eigenvalue weighted by molar-refractivity contribution is -0.138. The number of rotatable bonds is 8. The summed E-state index contributed by atoms with van der Waals surface area (Å²) >= 11 is 0. The maximum Gasteiger partial charge on any atom is 0.351 e. The van der Waals surface area contributed by atoms with Gasteiger partial charge in [-0.2, -0.15) is 4.98 Å². The zero-order valence-corrected chi connectivity index (χ0v) is 26.5. The third kappa shape index (κ3) is 5.93. The fourth-order valence-corrected chi connectivity index (χ4v) is 7.00. The van der Waals surface area contributed by atoms with Gasteiger partial charge in [0.2, 0.25) is 0 Å². The molecule has 1 saturated heterocycles. The number of nitrogens with zero attached hydrogens (tertiary/aromatic N) is 4. The van der Waals surface area contributed by atoms with Gasteiger partial charge in [-0.25, -0.2) is 18.4 Å². The van der Waals surface area contributed by atoms with E-state index in [1.807, 2.05) is 37.3 Å². The van der Waals surface area contributed by atoms with Crippen molar-refractivity contribution in [1.82, 2.24) is 14.5 Å². The van der Waals surface area contributed by atoms with E-state index in [0.29, 0.717) is 49.1 Å². The van der Waals surface area contributed by atoms with E-state index < -0.39 is 11.9 Å². The van der Waals surface area contributed by atoms with Crippen LogP contribution in [0.1, 0.15) is 66.9 Å². The van der Waals surface area contributed by atoms with Gasteiger partial charge in [0.25, 0.3) is 0 Å². The summed E-state index contributed by atoms with van der Waals surface area (Å²) in [4.78, 5) is 36.4. The molecule has 242 valence electrons. The minimum atomic E-state index is -0.496. The van der Waals surface area contributed by atoms with Crippen LogP contribution in [0.2, 0.25) is 0 Å². The number of anilines is 2. The molecule has 3 heterocycles.